The Morgan fingerprint density at radius 3 is 2.33 bits per heavy atom. The molecular formula is C30H28ClN3O5. The Labute approximate surface area is 231 Å². The lowest BCUT2D eigenvalue weighted by molar-refractivity contribution is -0.137. The van der Waals surface area contributed by atoms with Crippen molar-refractivity contribution in [2.24, 2.45) is 0 Å². The van der Waals surface area contributed by atoms with Crippen LogP contribution >= 0.6 is 11.6 Å². The molecule has 0 aromatic heterocycles. The fourth-order valence-corrected chi connectivity index (χ4v) is 4.14. The second-order valence-corrected chi connectivity index (χ2v) is 9.29. The van der Waals surface area contributed by atoms with Crippen molar-refractivity contribution in [3.05, 3.63) is 106 Å². The lowest BCUT2D eigenvalue weighted by Gasteiger charge is -2.15. The summed E-state index contributed by atoms with van der Waals surface area (Å²) in [5.41, 5.74) is 2.60. The Morgan fingerprint density at radius 2 is 1.62 bits per heavy atom. The van der Waals surface area contributed by atoms with Crippen LogP contribution in [0.25, 0.3) is 0 Å². The molecule has 39 heavy (non-hydrogen) atoms. The highest BCUT2D eigenvalue weighted by Crippen LogP contribution is 2.26. The lowest BCUT2D eigenvalue weighted by atomic mass is 10.1. The Morgan fingerprint density at radius 1 is 0.872 bits per heavy atom. The first kappa shape index (κ1) is 27.6. The van der Waals surface area contributed by atoms with Gasteiger partial charge in [0.25, 0.3) is 17.7 Å². The highest BCUT2D eigenvalue weighted by molar-refractivity contribution is 6.48. The van der Waals surface area contributed by atoms with Crippen molar-refractivity contribution in [2.75, 3.05) is 23.8 Å². The molecule has 3 amide bonds. The highest BCUT2D eigenvalue weighted by Gasteiger charge is 2.37. The van der Waals surface area contributed by atoms with Gasteiger partial charge < -0.3 is 15.4 Å². The number of unbranched alkanes of at least 4 members (excludes halogenated alkanes) is 1. The van der Waals surface area contributed by atoms with Crippen LogP contribution < -0.4 is 10.6 Å². The van der Waals surface area contributed by atoms with Crippen LogP contribution in [0.2, 0.25) is 0 Å². The first-order valence-electron chi connectivity index (χ1n) is 12.6. The molecule has 0 bridgehead atoms. The van der Waals surface area contributed by atoms with Crippen LogP contribution in [-0.2, 0) is 20.7 Å². The molecule has 0 saturated heterocycles. The number of benzene rings is 3. The minimum atomic E-state index is -0.563. The van der Waals surface area contributed by atoms with Crippen LogP contribution in [0.15, 0.2) is 89.6 Å². The maximum Gasteiger partial charge on any atom is 0.338 e. The zero-order valence-electron chi connectivity index (χ0n) is 21.4. The normalized spacial score (nSPS) is 13.0. The van der Waals surface area contributed by atoms with E-state index in [2.05, 4.69) is 10.6 Å². The average molecular weight is 546 g/mol. The number of nitrogens with one attached hydrogen (secondary N) is 2. The second-order valence-electron chi connectivity index (χ2n) is 8.91. The van der Waals surface area contributed by atoms with Crippen LogP contribution in [0.4, 0.5) is 11.4 Å². The fraction of sp³-hybridized carbons (Fsp3) is 0.200. The van der Waals surface area contributed by atoms with E-state index in [1.165, 1.54) is 0 Å². The molecule has 1 aliphatic rings. The van der Waals surface area contributed by atoms with Gasteiger partial charge in [0.05, 0.1) is 12.2 Å². The Balaban J connectivity index is 1.37. The third-order valence-electron chi connectivity index (χ3n) is 6.08. The van der Waals surface area contributed by atoms with Gasteiger partial charge in [-0.05, 0) is 60.9 Å². The van der Waals surface area contributed by atoms with Gasteiger partial charge in [0, 0.05) is 23.5 Å². The minimum Gasteiger partial charge on any atom is -0.462 e. The topological polar surface area (TPSA) is 105 Å². The monoisotopic (exact) mass is 545 g/mol. The van der Waals surface area contributed by atoms with Gasteiger partial charge in [-0.3, -0.25) is 19.3 Å². The number of hydrogen-bond donors (Lipinski definition) is 2. The number of nitrogens with zero attached hydrogens (tertiary/aromatic N) is 1. The number of hydrogen-bond acceptors (Lipinski definition) is 6. The maximum atomic E-state index is 12.9. The molecule has 9 heteroatoms. The number of halogens is 1. The largest absolute Gasteiger partial charge is 0.462 e. The van der Waals surface area contributed by atoms with Crippen LogP contribution in [-0.4, -0.2) is 41.7 Å². The summed E-state index contributed by atoms with van der Waals surface area (Å²) in [6.45, 7) is 2.58. The number of esters is 1. The van der Waals surface area contributed by atoms with E-state index in [4.69, 9.17) is 16.3 Å². The molecule has 3 aromatic rings. The zero-order valence-corrected chi connectivity index (χ0v) is 22.2. The smallest absolute Gasteiger partial charge is 0.338 e. The predicted octanol–water partition coefficient (Wildman–Crippen LogP) is 5.37. The molecule has 0 saturated carbocycles. The summed E-state index contributed by atoms with van der Waals surface area (Å²) in [4.78, 5) is 51.6. The summed E-state index contributed by atoms with van der Waals surface area (Å²) >= 11 is 6.22. The quantitative estimate of drug-likeness (QED) is 0.191. The van der Waals surface area contributed by atoms with Crippen LogP contribution in [0.5, 0.6) is 0 Å². The van der Waals surface area contributed by atoms with Gasteiger partial charge in [0.1, 0.15) is 10.7 Å². The number of carbonyl (C=O) groups is 4. The van der Waals surface area contributed by atoms with Crippen molar-refractivity contribution in [2.45, 2.75) is 26.2 Å². The van der Waals surface area contributed by atoms with E-state index in [1.54, 1.807) is 48.5 Å². The summed E-state index contributed by atoms with van der Waals surface area (Å²) in [6.07, 6.45) is 2.24. The van der Waals surface area contributed by atoms with Crippen molar-refractivity contribution in [1.29, 1.82) is 0 Å². The minimum absolute atomic E-state index is 0.0336. The van der Waals surface area contributed by atoms with Gasteiger partial charge in [-0.1, -0.05) is 61.3 Å². The standard InChI is InChI=1S/C30H28ClN3O5/c1-2-3-18-39-30(38)21-12-14-23(15-13-21)33-27(35)22-10-7-11-24(19-22)32-26-25(31)28(36)34(29(26)37)17-16-20-8-5-4-6-9-20/h4-15,19,32H,2-3,16-18H2,1H3,(H,33,35). The Hall–Kier alpha value is -4.43. The van der Waals surface area contributed by atoms with E-state index in [0.29, 0.717) is 35.5 Å². The highest BCUT2D eigenvalue weighted by atomic mass is 35.5. The SMILES string of the molecule is CCCCOC(=O)c1ccc(NC(=O)c2cccc(NC3=C(Cl)C(=O)N(CCc4ccccc4)C3=O)c2)cc1. The van der Waals surface area contributed by atoms with Gasteiger partial charge in [0.15, 0.2) is 0 Å². The maximum absolute atomic E-state index is 12.9. The Kier molecular flexibility index (Phi) is 9.12. The van der Waals surface area contributed by atoms with Crippen molar-refractivity contribution < 1.29 is 23.9 Å². The van der Waals surface area contributed by atoms with Crippen molar-refractivity contribution >= 4 is 46.7 Å². The summed E-state index contributed by atoms with van der Waals surface area (Å²) in [6, 6.07) is 22.4. The third kappa shape index (κ3) is 6.91. The summed E-state index contributed by atoms with van der Waals surface area (Å²) in [5, 5.41) is 5.48. The molecule has 0 atom stereocenters. The summed E-state index contributed by atoms with van der Waals surface area (Å²) in [5.74, 6) is -1.89. The van der Waals surface area contributed by atoms with E-state index >= 15 is 0 Å². The second kappa shape index (κ2) is 12.9. The molecular weight excluding hydrogens is 518 g/mol. The number of amides is 3. The van der Waals surface area contributed by atoms with Gasteiger partial charge in [0.2, 0.25) is 0 Å². The third-order valence-corrected chi connectivity index (χ3v) is 6.43. The number of imide groups is 1. The van der Waals surface area contributed by atoms with Gasteiger partial charge in [-0.2, -0.15) is 0 Å². The van der Waals surface area contributed by atoms with E-state index < -0.39 is 23.7 Å². The zero-order chi connectivity index (χ0) is 27.8. The van der Waals surface area contributed by atoms with Crippen molar-refractivity contribution in [3.63, 3.8) is 0 Å². The number of rotatable bonds is 11. The summed E-state index contributed by atoms with van der Waals surface area (Å²) in [7, 11) is 0. The summed E-state index contributed by atoms with van der Waals surface area (Å²) < 4.78 is 5.19. The molecule has 4 rings (SSSR count). The molecule has 0 unspecified atom stereocenters. The fourth-order valence-electron chi connectivity index (χ4n) is 3.91. The van der Waals surface area contributed by atoms with E-state index in [-0.39, 0.29) is 17.3 Å². The van der Waals surface area contributed by atoms with Crippen LogP contribution in [0.3, 0.4) is 0 Å². The first-order chi connectivity index (χ1) is 18.9. The van der Waals surface area contributed by atoms with Gasteiger partial charge in [-0.25, -0.2) is 4.79 Å². The molecule has 8 nitrogen and oxygen atoms in total. The molecule has 0 aliphatic carbocycles. The van der Waals surface area contributed by atoms with E-state index in [9.17, 15) is 19.2 Å². The molecule has 0 fully saturated rings. The van der Waals surface area contributed by atoms with Gasteiger partial charge in [-0.15, -0.1) is 0 Å². The molecule has 1 aliphatic heterocycles. The van der Waals surface area contributed by atoms with Crippen molar-refractivity contribution in [3.8, 4) is 0 Å². The van der Waals surface area contributed by atoms with Gasteiger partial charge >= 0.3 is 5.97 Å². The molecule has 1 heterocycles. The molecule has 3 aromatic carbocycles. The van der Waals surface area contributed by atoms with E-state index in [1.807, 2.05) is 37.3 Å². The molecule has 0 radical (unpaired) electrons. The Bertz CT molecular complexity index is 1400. The first-order valence-corrected chi connectivity index (χ1v) is 13.0. The number of ether oxygens (including phenoxy) is 1. The lowest BCUT2D eigenvalue weighted by Crippen LogP contribution is -2.34. The van der Waals surface area contributed by atoms with E-state index in [0.717, 1.165) is 23.3 Å². The van der Waals surface area contributed by atoms with Crippen LogP contribution in [0.1, 0.15) is 46.0 Å². The predicted molar refractivity (Wildman–Crippen MR) is 149 cm³/mol. The number of carbonyl (C=O) groups excluding carboxylic acids is 4. The average Bonchev–Trinajstić information content (AvgIpc) is 3.15. The number of anilines is 2. The van der Waals surface area contributed by atoms with Crippen LogP contribution in [0, 0.1) is 0 Å². The molecule has 0 spiro atoms. The molecule has 200 valence electrons. The van der Waals surface area contributed by atoms with Crippen molar-refractivity contribution in [1.82, 2.24) is 4.90 Å². The molecule has 2 N–H and O–H groups in total.